The van der Waals surface area contributed by atoms with E-state index in [1.807, 2.05) is 28.8 Å². The van der Waals surface area contributed by atoms with Crippen LogP contribution in [-0.4, -0.2) is 56.0 Å². The summed E-state index contributed by atoms with van der Waals surface area (Å²) in [6.45, 7) is 6.10. The van der Waals surface area contributed by atoms with Gasteiger partial charge in [-0.05, 0) is 25.5 Å². The van der Waals surface area contributed by atoms with Crippen LogP contribution >= 0.6 is 0 Å². The molecule has 2 aromatic heterocycles. The average Bonchev–Trinajstić information content (AvgIpc) is 3.10. The van der Waals surface area contributed by atoms with Crippen LogP contribution in [0.1, 0.15) is 18.2 Å². The highest BCUT2D eigenvalue weighted by molar-refractivity contribution is 5.69. The molecular weight excluding hydrogens is 354 g/mol. The van der Waals surface area contributed by atoms with Gasteiger partial charge in [0.1, 0.15) is 17.3 Å². The number of methoxy groups -OCH3 is 2. The average molecular weight is 385 g/mol. The van der Waals surface area contributed by atoms with Crippen molar-refractivity contribution in [1.82, 2.24) is 14.6 Å². The summed E-state index contributed by atoms with van der Waals surface area (Å²) in [5.41, 5.74) is 4.81. The van der Waals surface area contributed by atoms with E-state index >= 15 is 0 Å². The van der Waals surface area contributed by atoms with Crippen LogP contribution in [0, 0.1) is 6.92 Å². The summed E-state index contributed by atoms with van der Waals surface area (Å²) in [4.78, 5) is 6.17. The first-order chi connectivity index (χ1) is 13.5. The lowest BCUT2D eigenvalue weighted by Crippen LogP contribution is -3.06. The van der Waals surface area contributed by atoms with Gasteiger partial charge in [0.15, 0.2) is 5.65 Å². The molecule has 0 saturated heterocycles. The topological polar surface area (TPSA) is 65.1 Å². The molecule has 0 unspecified atom stereocenters. The largest absolute Gasteiger partial charge is 0.497 e. The van der Waals surface area contributed by atoms with Crippen molar-refractivity contribution >= 4 is 11.5 Å². The molecule has 0 aliphatic rings. The van der Waals surface area contributed by atoms with Gasteiger partial charge in [-0.1, -0.05) is 6.92 Å². The number of hydrogen-bond donors (Lipinski definition) is 2. The first-order valence-electron chi connectivity index (χ1n) is 9.62. The lowest BCUT2D eigenvalue weighted by Gasteiger charge is -2.15. The number of nitrogens with one attached hydrogen (secondary N) is 2. The van der Waals surface area contributed by atoms with Gasteiger partial charge in [0.05, 0.1) is 47.1 Å². The SMILES string of the molecule is CCc1c(C)nc2cc(-c3cc(OC)cc(OC)c3)nn2c1NCC[NH+](C)C. The number of rotatable bonds is 8. The molecule has 0 spiro atoms. The molecule has 3 aromatic rings. The number of anilines is 1. The molecule has 0 fully saturated rings. The van der Waals surface area contributed by atoms with Crippen molar-refractivity contribution in [2.45, 2.75) is 20.3 Å². The van der Waals surface area contributed by atoms with Crippen molar-refractivity contribution in [1.29, 1.82) is 0 Å². The van der Waals surface area contributed by atoms with E-state index in [1.165, 1.54) is 10.5 Å². The van der Waals surface area contributed by atoms with E-state index < -0.39 is 0 Å². The predicted octanol–water partition coefficient (Wildman–Crippen LogP) is 1.84. The van der Waals surface area contributed by atoms with Crippen molar-refractivity contribution in [2.75, 3.05) is 46.7 Å². The van der Waals surface area contributed by atoms with Crippen LogP contribution in [0.3, 0.4) is 0 Å². The molecule has 0 aliphatic carbocycles. The fraction of sp³-hybridized carbons (Fsp3) is 0.429. The van der Waals surface area contributed by atoms with E-state index in [0.717, 1.165) is 59.4 Å². The van der Waals surface area contributed by atoms with Crippen molar-refractivity contribution in [3.8, 4) is 22.8 Å². The van der Waals surface area contributed by atoms with E-state index in [1.54, 1.807) is 14.2 Å². The standard InChI is InChI=1S/C21H29N5O2/c1-7-18-14(2)23-20-13-19(15-10-16(27-5)12-17(11-15)28-6)24-26(20)21(18)22-8-9-25(3)4/h10-13,22H,7-9H2,1-6H3/p+1. The zero-order chi connectivity index (χ0) is 20.3. The highest BCUT2D eigenvalue weighted by Crippen LogP contribution is 2.31. The maximum Gasteiger partial charge on any atom is 0.158 e. The Morgan fingerprint density at radius 2 is 1.75 bits per heavy atom. The number of aryl methyl sites for hydroxylation is 1. The van der Waals surface area contributed by atoms with Gasteiger partial charge >= 0.3 is 0 Å². The molecule has 28 heavy (non-hydrogen) atoms. The minimum Gasteiger partial charge on any atom is -0.497 e. The van der Waals surface area contributed by atoms with Gasteiger partial charge in [0, 0.05) is 29.0 Å². The lowest BCUT2D eigenvalue weighted by atomic mass is 10.1. The van der Waals surface area contributed by atoms with Gasteiger partial charge in [0.25, 0.3) is 0 Å². The third-order valence-corrected chi connectivity index (χ3v) is 4.83. The fourth-order valence-electron chi connectivity index (χ4n) is 3.29. The van der Waals surface area contributed by atoms with Crippen LogP contribution in [0.5, 0.6) is 11.5 Å². The molecule has 2 heterocycles. The minimum absolute atomic E-state index is 0.733. The summed E-state index contributed by atoms with van der Waals surface area (Å²) in [6.07, 6.45) is 0.897. The van der Waals surface area contributed by atoms with Crippen LogP contribution in [-0.2, 0) is 6.42 Å². The summed E-state index contributed by atoms with van der Waals surface area (Å²) in [7, 11) is 7.60. The Hall–Kier alpha value is -2.80. The highest BCUT2D eigenvalue weighted by Gasteiger charge is 2.16. The molecule has 0 amide bonds. The van der Waals surface area contributed by atoms with E-state index in [-0.39, 0.29) is 0 Å². The summed E-state index contributed by atoms with van der Waals surface area (Å²) < 4.78 is 12.7. The van der Waals surface area contributed by atoms with Crippen LogP contribution in [0.2, 0.25) is 0 Å². The number of ether oxygens (including phenoxy) is 2. The first kappa shape index (κ1) is 19.9. The van der Waals surface area contributed by atoms with Gasteiger partial charge in [0.2, 0.25) is 0 Å². The second-order valence-electron chi connectivity index (χ2n) is 7.16. The second-order valence-corrected chi connectivity index (χ2v) is 7.16. The molecule has 2 N–H and O–H groups in total. The smallest absolute Gasteiger partial charge is 0.158 e. The molecule has 0 atom stereocenters. The van der Waals surface area contributed by atoms with Crippen molar-refractivity contribution in [3.63, 3.8) is 0 Å². The molecular formula is C21H30N5O2+. The number of benzene rings is 1. The molecule has 150 valence electrons. The zero-order valence-electron chi connectivity index (χ0n) is 17.6. The molecule has 3 rings (SSSR count). The van der Waals surface area contributed by atoms with Crippen LogP contribution in [0.15, 0.2) is 24.3 Å². The zero-order valence-corrected chi connectivity index (χ0v) is 17.6. The third kappa shape index (κ3) is 4.04. The first-order valence-corrected chi connectivity index (χ1v) is 9.62. The number of fused-ring (bicyclic) bond motifs is 1. The maximum absolute atomic E-state index is 5.40. The number of nitrogens with zero attached hydrogens (tertiary/aromatic N) is 3. The molecule has 1 aromatic carbocycles. The van der Waals surface area contributed by atoms with Gasteiger partial charge in [-0.3, -0.25) is 0 Å². The number of likely N-dealkylation sites (N-methyl/N-ethyl adjacent to an activating group) is 1. The maximum atomic E-state index is 5.40. The third-order valence-electron chi connectivity index (χ3n) is 4.83. The lowest BCUT2D eigenvalue weighted by molar-refractivity contribution is -0.856. The van der Waals surface area contributed by atoms with E-state index in [4.69, 9.17) is 19.6 Å². The van der Waals surface area contributed by atoms with Gasteiger partial charge in [-0.25, -0.2) is 4.98 Å². The Morgan fingerprint density at radius 1 is 1.07 bits per heavy atom. The van der Waals surface area contributed by atoms with E-state index in [0.29, 0.717) is 0 Å². The van der Waals surface area contributed by atoms with Crippen molar-refractivity contribution in [3.05, 3.63) is 35.5 Å². The molecule has 7 heteroatoms. The Bertz CT molecular complexity index is 943. The monoisotopic (exact) mass is 384 g/mol. The summed E-state index contributed by atoms with van der Waals surface area (Å²) in [6, 6.07) is 7.78. The Morgan fingerprint density at radius 3 is 2.32 bits per heavy atom. The van der Waals surface area contributed by atoms with E-state index in [9.17, 15) is 0 Å². The second kappa shape index (κ2) is 8.48. The Kier molecular flexibility index (Phi) is 6.04. The molecule has 0 saturated carbocycles. The Labute approximate surface area is 166 Å². The molecule has 0 aliphatic heterocycles. The van der Waals surface area contributed by atoms with Gasteiger partial charge in [-0.2, -0.15) is 9.61 Å². The molecule has 7 nitrogen and oxygen atoms in total. The van der Waals surface area contributed by atoms with Crippen LogP contribution in [0.25, 0.3) is 16.9 Å². The Balaban J connectivity index is 2.10. The predicted molar refractivity (Wildman–Crippen MR) is 112 cm³/mol. The van der Waals surface area contributed by atoms with Gasteiger partial charge in [-0.15, -0.1) is 0 Å². The number of hydrogen-bond acceptors (Lipinski definition) is 5. The van der Waals surface area contributed by atoms with E-state index in [2.05, 4.69) is 33.3 Å². The summed E-state index contributed by atoms with van der Waals surface area (Å²) in [5, 5.41) is 8.43. The molecule has 0 bridgehead atoms. The normalized spacial score (nSPS) is 11.2. The quantitative estimate of drug-likeness (QED) is 0.620. The van der Waals surface area contributed by atoms with Crippen LogP contribution < -0.4 is 19.7 Å². The number of aromatic nitrogens is 3. The van der Waals surface area contributed by atoms with Crippen molar-refractivity contribution in [2.24, 2.45) is 0 Å². The summed E-state index contributed by atoms with van der Waals surface area (Å²) >= 11 is 0. The minimum atomic E-state index is 0.733. The van der Waals surface area contributed by atoms with Gasteiger partial charge < -0.3 is 19.7 Å². The molecule has 0 radical (unpaired) electrons. The highest BCUT2D eigenvalue weighted by atomic mass is 16.5. The van der Waals surface area contributed by atoms with Crippen molar-refractivity contribution < 1.29 is 14.4 Å². The fourth-order valence-corrected chi connectivity index (χ4v) is 3.29. The van der Waals surface area contributed by atoms with Crippen LogP contribution in [0.4, 0.5) is 5.82 Å². The summed E-state index contributed by atoms with van der Waals surface area (Å²) in [5.74, 6) is 2.49. The number of quaternary nitrogens is 1.